The van der Waals surface area contributed by atoms with Crippen molar-refractivity contribution < 1.29 is 5.11 Å². The van der Waals surface area contributed by atoms with E-state index in [9.17, 15) is 5.11 Å². The van der Waals surface area contributed by atoms with Gasteiger partial charge in [-0.2, -0.15) is 4.98 Å². The molecule has 0 radical (unpaired) electrons. The number of aromatic hydroxyl groups is 1. The van der Waals surface area contributed by atoms with Gasteiger partial charge in [0.1, 0.15) is 11.6 Å². The second-order valence-corrected chi connectivity index (χ2v) is 9.46. The zero-order valence-corrected chi connectivity index (χ0v) is 19.7. The van der Waals surface area contributed by atoms with Gasteiger partial charge >= 0.3 is 0 Å². The molecule has 1 fully saturated rings. The molecular weight excluding hydrogens is 454 g/mol. The third-order valence-electron chi connectivity index (χ3n) is 5.98. The van der Waals surface area contributed by atoms with Crippen LogP contribution >= 0.6 is 15.9 Å². The van der Waals surface area contributed by atoms with E-state index in [1.165, 1.54) is 12.8 Å². The van der Waals surface area contributed by atoms with Gasteiger partial charge in [0, 0.05) is 42.1 Å². The lowest BCUT2D eigenvalue weighted by Crippen LogP contribution is -2.31. The molecule has 0 saturated heterocycles. The topological polar surface area (TPSA) is 73.3 Å². The predicted octanol–water partition coefficient (Wildman–Crippen LogP) is 4.92. The molecule has 1 aliphatic rings. The molecule has 3 N–H and O–H groups in total. The van der Waals surface area contributed by atoms with Crippen LogP contribution in [0.15, 0.2) is 46.9 Å². The zero-order chi connectivity index (χ0) is 21.8. The minimum Gasteiger partial charge on any atom is -0.508 e. The first kappa shape index (κ1) is 21.8. The van der Waals surface area contributed by atoms with E-state index in [4.69, 9.17) is 9.97 Å². The Bertz CT molecular complexity index is 1030. The molecule has 1 heterocycles. The highest BCUT2D eigenvalue weighted by atomic mass is 79.9. The fourth-order valence-corrected chi connectivity index (χ4v) is 4.67. The van der Waals surface area contributed by atoms with Crippen LogP contribution in [-0.2, 0) is 6.54 Å². The number of nitrogens with zero attached hydrogens (tertiary/aromatic N) is 3. The van der Waals surface area contributed by atoms with E-state index in [-0.39, 0.29) is 0 Å². The molecule has 164 valence electrons. The maximum Gasteiger partial charge on any atom is 0.225 e. The summed E-state index contributed by atoms with van der Waals surface area (Å²) in [6.07, 6.45) is 4.57. The average Bonchev–Trinajstić information content (AvgIpc) is 2.76. The summed E-state index contributed by atoms with van der Waals surface area (Å²) >= 11 is 3.47. The number of benzene rings is 2. The molecule has 6 nitrogen and oxygen atoms in total. The summed E-state index contributed by atoms with van der Waals surface area (Å²) in [6.45, 7) is 1.65. The van der Waals surface area contributed by atoms with Gasteiger partial charge in [-0.05, 0) is 68.5 Å². The number of nitrogens with one attached hydrogen (secondary N) is 2. The number of aromatic nitrogens is 2. The van der Waals surface area contributed by atoms with E-state index in [2.05, 4.69) is 32.6 Å². The smallest absolute Gasteiger partial charge is 0.225 e. The highest BCUT2D eigenvalue weighted by Crippen LogP contribution is 2.28. The van der Waals surface area contributed by atoms with Gasteiger partial charge in [0.25, 0.3) is 0 Å². The Hall–Kier alpha value is -2.38. The second-order valence-electron chi connectivity index (χ2n) is 8.55. The van der Waals surface area contributed by atoms with Crippen LogP contribution in [0, 0.1) is 5.92 Å². The highest BCUT2D eigenvalue weighted by Gasteiger charge is 2.22. The quantitative estimate of drug-likeness (QED) is 0.442. The van der Waals surface area contributed by atoms with Crippen molar-refractivity contribution in [2.24, 2.45) is 5.92 Å². The molecule has 2 aromatic carbocycles. The fraction of sp³-hybridized carbons (Fsp3) is 0.417. The molecule has 7 heteroatoms. The first-order chi connectivity index (χ1) is 15.0. The maximum atomic E-state index is 9.98. The van der Waals surface area contributed by atoms with Crippen molar-refractivity contribution in [1.29, 1.82) is 0 Å². The number of hydrogen-bond donors (Lipinski definition) is 3. The molecule has 1 aliphatic carbocycles. The van der Waals surface area contributed by atoms with Crippen molar-refractivity contribution >= 4 is 38.6 Å². The number of phenols is 1. The van der Waals surface area contributed by atoms with Crippen LogP contribution < -0.4 is 15.5 Å². The van der Waals surface area contributed by atoms with E-state index in [0.717, 1.165) is 46.1 Å². The minimum atomic E-state index is 0.344. The highest BCUT2D eigenvalue weighted by molar-refractivity contribution is 9.10. The summed E-state index contributed by atoms with van der Waals surface area (Å²) in [7, 11) is 4.04. The summed E-state index contributed by atoms with van der Waals surface area (Å²) in [5, 5.41) is 18.1. The fourth-order valence-electron chi connectivity index (χ4n) is 4.27. The molecule has 0 atom stereocenters. The van der Waals surface area contributed by atoms with Gasteiger partial charge in [-0.15, -0.1) is 0 Å². The lowest BCUT2D eigenvalue weighted by atomic mass is 9.86. The average molecular weight is 484 g/mol. The van der Waals surface area contributed by atoms with E-state index in [1.807, 2.05) is 49.3 Å². The Balaban J connectivity index is 1.30. The number of fused-ring (bicyclic) bond motifs is 1. The Labute approximate surface area is 192 Å². The number of rotatable bonds is 7. The van der Waals surface area contributed by atoms with E-state index < -0.39 is 0 Å². The Morgan fingerprint density at radius 3 is 2.61 bits per heavy atom. The molecule has 4 rings (SSSR count). The molecule has 1 aromatic heterocycles. The summed E-state index contributed by atoms with van der Waals surface area (Å²) in [6, 6.07) is 14.1. The van der Waals surface area contributed by atoms with Crippen LogP contribution in [0.5, 0.6) is 5.75 Å². The summed E-state index contributed by atoms with van der Waals surface area (Å²) < 4.78 is 0.988. The van der Waals surface area contributed by atoms with Crippen molar-refractivity contribution in [3.63, 3.8) is 0 Å². The number of anilines is 2. The Kier molecular flexibility index (Phi) is 6.92. The minimum absolute atomic E-state index is 0.344. The van der Waals surface area contributed by atoms with Gasteiger partial charge in [0.2, 0.25) is 5.95 Å². The van der Waals surface area contributed by atoms with Crippen LogP contribution in [0.2, 0.25) is 0 Å². The number of phenolic OH excluding ortho intramolecular Hbond substituents is 1. The van der Waals surface area contributed by atoms with Crippen LogP contribution in [0.1, 0.15) is 31.2 Å². The summed E-state index contributed by atoms with van der Waals surface area (Å²) in [4.78, 5) is 11.6. The first-order valence-corrected chi connectivity index (χ1v) is 11.7. The molecule has 31 heavy (non-hydrogen) atoms. The lowest BCUT2D eigenvalue weighted by Gasteiger charge is -2.29. The van der Waals surface area contributed by atoms with Crippen molar-refractivity contribution in [2.75, 3.05) is 30.9 Å². The molecule has 0 amide bonds. The number of para-hydroxylation sites is 1. The van der Waals surface area contributed by atoms with Crippen LogP contribution in [0.25, 0.3) is 10.9 Å². The van der Waals surface area contributed by atoms with Crippen LogP contribution in [0.4, 0.5) is 11.8 Å². The standard InChI is InChI=1S/C24H30BrN5O/c1-30(2)23-20-5-3-4-6-21(20)28-24(29-23)27-19-10-7-16(8-11-19)14-26-15-17-13-18(25)9-12-22(17)31/h3-6,9,12-13,16,19,26,31H,7-8,10-11,14-15H2,1-2H3,(H,27,28,29). The van der Waals surface area contributed by atoms with Gasteiger partial charge in [-0.1, -0.05) is 28.1 Å². The third kappa shape index (κ3) is 5.46. The van der Waals surface area contributed by atoms with Crippen molar-refractivity contribution in [3.05, 3.63) is 52.5 Å². The van der Waals surface area contributed by atoms with Gasteiger partial charge in [0.15, 0.2) is 0 Å². The molecule has 1 saturated carbocycles. The van der Waals surface area contributed by atoms with Crippen molar-refractivity contribution in [1.82, 2.24) is 15.3 Å². The van der Waals surface area contributed by atoms with E-state index >= 15 is 0 Å². The normalized spacial score (nSPS) is 18.8. The van der Waals surface area contributed by atoms with Gasteiger partial charge in [-0.3, -0.25) is 0 Å². The van der Waals surface area contributed by atoms with Gasteiger partial charge in [0.05, 0.1) is 5.52 Å². The molecule has 0 bridgehead atoms. The zero-order valence-electron chi connectivity index (χ0n) is 18.1. The van der Waals surface area contributed by atoms with Crippen molar-refractivity contribution in [3.8, 4) is 5.75 Å². The van der Waals surface area contributed by atoms with Crippen LogP contribution in [0.3, 0.4) is 0 Å². The van der Waals surface area contributed by atoms with E-state index in [1.54, 1.807) is 6.07 Å². The monoisotopic (exact) mass is 483 g/mol. The largest absolute Gasteiger partial charge is 0.508 e. The van der Waals surface area contributed by atoms with Gasteiger partial charge in [-0.25, -0.2) is 4.98 Å². The molecule has 0 unspecified atom stereocenters. The molecule has 0 aliphatic heterocycles. The summed E-state index contributed by atoms with van der Waals surface area (Å²) in [5.41, 5.74) is 1.90. The SMILES string of the molecule is CN(C)c1nc(NC2CCC(CNCc3cc(Br)ccc3O)CC2)nc2ccccc12. The molecule has 0 spiro atoms. The lowest BCUT2D eigenvalue weighted by molar-refractivity contribution is 0.323. The summed E-state index contributed by atoms with van der Waals surface area (Å²) in [5.74, 6) is 2.66. The van der Waals surface area contributed by atoms with Crippen LogP contribution in [-0.4, -0.2) is 41.8 Å². The Morgan fingerprint density at radius 2 is 1.84 bits per heavy atom. The predicted molar refractivity (Wildman–Crippen MR) is 131 cm³/mol. The number of halogens is 1. The molecular formula is C24H30BrN5O. The second kappa shape index (κ2) is 9.83. The maximum absolute atomic E-state index is 9.98. The number of hydrogen-bond acceptors (Lipinski definition) is 6. The van der Waals surface area contributed by atoms with Crippen molar-refractivity contribution in [2.45, 2.75) is 38.3 Å². The Morgan fingerprint density at radius 1 is 1.06 bits per heavy atom. The van der Waals surface area contributed by atoms with Gasteiger partial charge < -0.3 is 20.6 Å². The third-order valence-corrected chi connectivity index (χ3v) is 6.47. The first-order valence-electron chi connectivity index (χ1n) is 10.9. The molecule has 3 aromatic rings. The van der Waals surface area contributed by atoms with E-state index in [0.29, 0.717) is 30.2 Å².